The fourth-order valence-corrected chi connectivity index (χ4v) is 2.36. The number of nitro groups is 1. The monoisotopic (exact) mass is 386 g/mol. The van der Waals surface area contributed by atoms with Crippen LogP contribution in [0.3, 0.4) is 0 Å². The van der Waals surface area contributed by atoms with Crippen LogP contribution in [0.1, 0.15) is 19.4 Å². The van der Waals surface area contributed by atoms with Crippen molar-refractivity contribution in [2.45, 2.75) is 20.8 Å². The zero-order valence-electron chi connectivity index (χ0n) is 15.7. The van der Waals surface area contributed by atoms with Crippen molar-refractivity contribution in [3.8, 4) is 0 Å². The lowest BCUT2D eigenvalue weighted by Crippen LogP contribution is -2.22. The van der Waals surface area contributed by atoms with E-state index < -0.39 is 16.3 Å². The van der Waals surface area contributed by atoms with Crippen molar-refractivity contribution >= 4 is 27.6 Å². The molecule has 2 aromatic heterocycles. The minimum atomic E-state index is -0.635. The molecule has 28 heavy (non-hydrogen) atoms. The first-order valence-corrected chi connectivity index (χ1v) is 8.35. The van der Waals surface area contributed by atoms with Gasteiger partial charge in [-0.05, 0) is 34.9 Å². The summed E-state index contributed by atoms with van der Waals surface area (Å²) in [5.74, 6) is -0.635. The van der Waals surface area contributed by atoms with E-state index in [1.807, 2.05) is 13.8 Å². The highest BCUT2D eigenvalue weighted by atomic mass is 16.6. The largest absolute Gasteiger partial charge is 0.422 e. The van der Waals surface area contributed by atoms with Crippen LogP contribution in [-0.4, -0.2) is 19.8 Å². The van der Waals surface area contributed by atoms with E-state index in [4.69, 9.17) is 0 Å². The van der Waals surface area contributed by atoms with Gasteiger partial charge < -0.3 is 4.42 Å². The first-order chi connectivity index (χ1) is 13.4. The number of fused-ring (bicyclic) bond motifs is 2. The van der Waals surface area contributed by atoms with E-state index in [2.05, 4.69) is 19.4 Å². The molecule has 2 aromatic carbocycles. The van der Waals surface area contributed by atoms with Gasteiger partial charge in [0.1, 0.15) is 5.52 Å². The zero-order valence-corrected chi connectivity index (χ0v) is 15.7. The molecule has 0 spiro atoms. The molecule has 0 aliphatic rings. The molecule has 0 N–H and O–H groups in total. The summed E-state index contributed by atoms with van der Waals surface area (Å²) in [6.07, 6.45) is 0. The first kappa shape index (κ1) is 20.5. The van der Waals surface area contributed by atoms with Crippen LogP contribution in [0, 0.1) is 17.0 Å². The van der Waals surface area contributed by atoms with Crippen LogP contribution in [0.15, 0.2) is 55.0 Å². The molecular formula is C18H18N4O6. The highest BCUT2D eigenvalue weighted by molar-refractivity contribution is 5.85. The fourth-order valence-electron chi connectivity index (χ4n) is 2.36. The van der Waals surface area contributed by atoms with Gasteiger partial charge in [0.25, 0.3) is 0 Å². The lowest BCUT2D eigenvalue weighted by molar-refractivity contribution is -0.383. The van der Waals surface area contributed by atoms with Crippen molar-refractivity contribution in [1.29, 1.82) is 0 Å². The lowest BCUT2D eigenvalue weighted by atomic mass is 10.2. The third kappa shape index (κ3) is 3.95. The third-order valence-corrected chi connectivity index (χ3v) is 3.73. The maximum Gasteiger partial charge on any atom is 0.422 e. The molecule has 2 heterocycles. The van der Waals surface area contributed by atoms with Crippen molar-refractivity contribution in [3.05, 3.63) is 73.0 Å². The van der Waals surface area contributed by atoms with Crippen molar-refractivity contribution in [3.63, 3.8) is 0 Å². The summed E-state index contributed by atoms with van der Waals surface area (Å²) in [5.41, 5.74) is 1.37. The third-order valence-electron chi connectivity index (χ3n) is 3.73. The fraction of sp³-hybridized carbons (Fsp3) is 0.222. The van der Waals surface area contributed by atoms with Crippen molar-refractivity contribution in [2.75, 3.05) is 0 Å². The Morgan fingerprint density at radius 3 is 2.36 bits per heavy atom. The number of aromatic nitrogens is 3. The van der Waals surface area contributed by atoms with E-state index >= 15 is 0 Å². The molecule has 0 saturated carbocycles. The molecule has 0 aliphatic heterocycles. The summed E-state index contributed by atoms with van der Waals surface area (Å²) in [7, 11) is 1.56. The maximum absolute atomic E-state index is 11.2. The van der Waals surface area contributed by atoms with E-state index in [1.165, 1.54) is 10.6 Å². The predicted molar refractivity (Wildman–Crippen MR) is 102 cm³/mol. The molecule has 10 nitrogen and oxygen atoms in total. The molecule has 4 rings (SSSR count). The Morgan fingerprint density at radius 1 is 1.04 bits per heavy atom. The molecule has 0 amide bonds. The Hall–Kier alpha value is -3.82. The number of hydrogen-bond donors (Lipinski definition) is 0. The van der Waals surface area contributed by atoms with Gasteiger partial charge in [-0.25, -0.2) is 14.2 Å². The van der Waals surface area contributed by atoms with Crippen LogP contribution < -0.4 is 11.4 Å². The second-order valence-corrected chi connectivity index (χ2v) is 5.35. The topological polar surface area (TPSA) is 134 Å². The van der Waals surface area contributed by atoms with Gasteiger partial charge in [0.15, 0.2) is 0 Å². The lowest BCUT2D eigenvalue weighted by Gasteiger charge is -1.99. The SMILES string of the molecule is CC.Cc1ccc([N+](=O)[O-])c2nonc12.Cn1c(=O)oc(=O)c2ccccc21. The average molecular weight is 386 g/mol. The Morgan fingerprint density at radius 2 is 1.68 bits per heavy atom. The molecule has 4 aromatic rings. The molecule has 0 saturated heterocycles. The zero-order chi connectivity index (χ0) is 20.8. The number of benzene rings is 2. The summed E-state index contributed by atoms with van der Waals surface area (Å²) >= 11 is 0. The number of nitro benzene ring substituents is 1. The van der Waals surface area contributed by atoms with Crippen molar-refractivity contribution in [2.24, 2.45) is 7.05 Å². The molecule has 0 bridgehead atoms. The van der Waals surface area contributed by atoms with Crippen molar-refractivity contribution < 1.29 is 14.0 Å². The van der Waals surface area contributed by atoms with Gasteiger partial charge in [0.05, 0.1) is 15.8 Å². The smallest absolute Gasteiger partial charge is 0.372 e. The molecule has 10 heteroatoms. The summed E-state index contributed by atoms with van der Waals surface area (Å²) in [4.78, 5) is 32.2. The van der Waals surface area contributed by atoms with Gasteiger partial charge in [-0.15, -0.1) is 0 Å². The van der Waals surface area contributed by atoms with Crippen LogP contribution in [0.25, 0.3) is 21.9 Å². The van der Waals surface area contributed by atoms with Gasteiger partial charge in [-0.2, -0.15) is 0 Å². The van der Waals surface area contributed by atoms with Crippen LogP contribution in [0.2, 0.25) is 0 Å². The molecule has 0 atom stereocenters. The number of hydrogen-bond acceptors (Lipinski definition) is 8. The molecular weight excluding hydrogens is 368 g/mol. The van der Waals surface area contributed by atoms with Gasteiger partial charge >= 0.3 is 17.1 Å². The number of non-ortho nitro benzene ring substituents is 1. The Kier molecular flexibility index (Phi) is 6.38. The van der Waals surface area contributed by atoms with E-state index in [0.29, 0.717) is 16.4 Å². The van der Waals surface area contributed by atoms with E-state index in [-0.39, 0.29) is 11.2 Å². The van der Waals surface area contributed by atoms with Crippen LogP contribution >= 0.6 is 0 Å². The van der Waals surface area contributed by atoms with E-state index in [0.717, 1.165) is 5.56 Å². The maximum atomic E-state index is 11.2. The molecule has 0 radical (unpaired) electrons. The number of aryl methyl sites for hydroxylation is 2. The van der Waals surface area contributed by atoms with Gasteiger partial charge in [-0.3, -0.25) is 14.7 Å². The molecule has 0 unspecified atom stereocenters. The minimum absolute atomic E-state index is 0.0816. The van der Waals surface area contributed by atoms with Gasteiger partial charge in [-0.1, -0.05) is 32.0 Å². The quantitative estimate of drug-likeness (QED) is 0.360. The number of para-hydroxylation sites is 1. The molecule has 0 aliphatic carbocycles. The second kappa shape index (κ2) is 8.71. The normalized spacial score (nSPS) is 10.0. The Bertz CT molecular complexity index is 1240. The van der Waals surface area contributed by atoms with E-state index in [1.54, 1.807) is 44.3 Å². The second-order valence-electron chi connectivity index (χ2n) is 5.35. The summed E-state index contributed by atoms with van der Waals surface area (Å²) in [6.45, 7) is 5.79. The number of nitrogens with zero attached hydrogens (tertiary/aromatic N) is 4. The first-order valence-electron chi connectivity index (χ1n) is 8.35. The minimum Gasteiger partial charge on any atom is -0.372 e. The van der Waals surface area contributed by atoms with Crippen LogP contribution in [-0.2, 0) is 7.05 Å². The van der Waals surface area contributed by atoms with Gasteiger partial charge in [0.2, 0.25) is 5.52 Å². The number of rotatable bonds is 1. The summed E-state index contributed by atoms with van der Waals surface area (Å²) in [5, 5.41) is 18.0. The van der Waals surface area contributed by atoms with Crippen LogP contribution in [0.4, 0.5) is 5.69 Å². The Labute approximate surface area is 158 Å². The van der Waals surface area contributed by atoms with Gasteiger partial charge in [0, 0.05) is 13.1 Å². The van der Waals surface area contributed by atoms with Crippen molar-refractivity contribution in [1.82, 2.24) is 14.9 Å². The molecule has 146 valence electrons. The predicted octanol–water partition coefficient (Wildman–Crippen LogP) is 2.96. The van der Waals surface area contributed by atoms with E-state index in [9.17, 15) is 19.7 Å². The highest BCUT2D eigenvalue weighted by Gasteiger charge is 2.17. The standard InChI is InChI=1S/C9H7NO3.C7H5N3O3.C2H6/c1-10-7-5-3-2-4-6(7)8(11)13-9(10)12;1-4-2-3-5(10(11)12)7-6(4)8-13-9-7;1-2/h2-5H,1H3;2-3H,1H3;1-2H3. The summed E-state index contributed by atoms with van der Waals surface area (Å²) < 4.78 is 10.2. The van der Waals surface area contributed by atoms with Crippen LogP contribution in [0.5, 0.6) is 0 Å². The average Bonchev–Trinajstić information content (AvgIpc) is 3.19. The summed E-state index contributed by atoms with van der Waals surface area (Å²) in [6, 6.07) is 9.83. The molecule has 0 fully saturated rings. The Balaban J connectivity index is 0.000000184. The highest BCUT2D eigenvalue weighted by Crippen LogP contribution is 2.24.